The maximum Gasteiger partial charge on any atom is 0.470 e. The zero-order valence-electron chi connectivity index (χ0n) is 13.7. The van der Waals surface area contributed by atoms with Crippen LogP contribution in [-0.4, -0.2) is 35.3 Å². The molecule has 0 bridgehead atoms. The number of imide groups is 1. The molecule has 0 unspecified atom stereocenters. The molecule has 140 valence electrons. The molecule has 6 nitrogen and oxygen atoms in total. The summed E-state index contributed by atoms with van der Waals surface area (Å²) in [6.07, 6.45) is 2.80. The summed E-state index contributed by atoms with van der Waals surface area (Å²) in [5.74, 6) is -2.34. The minimum Gasteiger partial charge on any atom is -0.356 e. The molecule has 1 aliphatic heterocycles. The van der Waals surface area contributed by atoms with E-state index in [4.69, 9.17) is 0 Å². The Balaban J connectivity index is 2.07. The van der Waals surface area contributed by atoms with Gasteiger partial charge in [0.25, 0.3) is 11.8 Å². The number of hydrogen-bond acceptors (Lipinski definition) is 5. The van der Waals surface area contributed by atoms with Crippen molar-refractivity contribution in [2.24, 2.45) is 0 Å². The summed E-state index contributed by atoms with van der Waals surface area (Å²) in [7, 11) is 1.47. The molecule has 1 N–H and O–H groups in total. The fourth-order valence-corrected chi connectivity index (χ4v) is 2.93. The van der Waals surface area contributed by atoms with Crippen LogP contribution in [0.25, 0.3) is 16.8 Å². The average molecular weight is 396 g/mol. The Morgan fingerprint density at radius 1 is 1.15 bits per heavy atom. The van der Waals surface area contributed by atoms with Gasteiger partial charge in [0.15, 0.2) is 0 Å². The van der Waals surface area contributed by atoms with E-state index >= 15 is 0 Å². The SMILES string of the molecule is CNC(=O)/C=C/c1ccc2c3c(cccc13)C(=O)N(OSC(F)(F)F)C2=O. The molecule has 2 aromatic carbocycles. The standard InChI is InChI=1S/C17H11F3N2O4S/c1-21-13(23)8-6-9-5-7-12-14-10(9)3-2-4-11(14)15(24)22(16(12)25)26-27-17(18,19)20/h2-8H,1H3,(H,21,23)/b8-6+. The lowest BCUT2D eigenvalue weighted by Crippen LogP contribution is -2.39. The topological polar surface area (TPSA) is 75.7 Å². The van der Waals surface area contributed by atoms with Crippen molar-refractivity contribution in [3.63, 3.8) is 0 Å². The van der Waals surface area contributed by atoms with E-state index in [-0.39, 0.29) is 22.1 Å². The highest BCUT2D eigenvalue weighted by Crippen LogP contribution is 2.37. The number of carbonyl (C=O) groups excluding carboxylic acids is 3. The van der Waals surface area contributed by atoms with Crippen LogP contribution in [0.5, 0.6) is 0 Å². The highest BCUT2D eigenvalue weighted by atomic mass is 32.2. The normalized spacial score (nSPS) is 14.3. The van der Waals surface area contributed by atoms with Gasteiger partial charge in [-0.3, -0.25) is 14.4 Å². The Bertz CT molecular complexity index is 966. The molecular weight excluding hydrogens is 385 g/mol. The van der Waals surface area contributed by atoms with Gasteiger partial charge in [-0.2, -0.15) is 17.5 Å². The molecule has 0 spiro atoms. The van der Waals surface area contributed by atoms with Gasteiger partial charge in [0.1, 0.15) is 12.0 Å². The molecule has 0 saturated heterocycles. The molecule has 3 amide bonds. The summed E-state index contributed by atoms with van der Waals surface area (Å²) >= 11 is -0.943. The molecule has 27 heavy (non-hydrogen) atoms. The van der Waals surface area contributed by atoms with Crippen molar-refractivity contribution < 1.29 is 31.8 Å². The van der Waals surface area contributed by atoms with Gasteiger partial charge >= 0.3 is 5.51 Å². The van der Waals surface area contributed by atoms with E-state index in [9.17, 15) is 27.6 Å². The lowest BCUT2D eigenvalue weighted by molar-refractivity contribution is -0.116. The zero-order valence-corrected chi connectivity index (χ0v) is 14.5. The number of alkyl halides is 3. The molecule has 1 aliphatic rings. The summed E-state index contributed by atoms with van der Waals surface area (Å²) in [5.41, 5.74) is -4.15. The van der Waals surface area contributed by atoms with E-state index in [1.165, 1.54) is 43.5 Å². The van der Waals surface area contributed by atoms with Gasteiger partial charge in [0.2, 0.25) is 5.91 Å². The van der Waals surface area contributed by atoms with Crippen molar-refractivity contribution in [3.8, 4) is 0 Å². The number of nitrogens with one attached hydrogen (secondary N) is 1. The van der Waals surface area contributed by atoms with Crippen molar-refractivity contribution in [2.45, 2.75) is 5.51 Å². The molecule has 2 aromatic rings. The van der Waals surface area contributed by atoms with Crippen LogP contribution in [0.15, 0.2) is 36.4 Å². The third-order valence-electron chi connectivity index (χ3n) is 3.77. The summed E-state index contributed by atoms with van der Waals surface area (Å²) in [6.45, 7) is 0. The Hall–Kier alpha value is -2.85. The zero-order chi connectivity index (χ0) is 19.8. The first-order valence-corrected chi connectivity index (χ1v) is 8.24. The first kappa shape index (κ1) is 18.9. The quantitative estimate of drug-likeness (QED) is 0.488. The van der Waals surface area contributed by atoms with E-state index in [0.29, 0.717) is 16.3 Å². The Morgan fingerprint density at radius 3 is 2.44 bits per heavy atom. The number of likely N-dealkylation sites (N-methyl/N-ethyl adjacent to an activating group) is 1. The summed E-state index contributed by atoms with van der Waals surface area (Å²) in [6, 6.07) is 7.47. The maximum absolute atomic E-state index is 12.5. The minimum atomic E-state index is -4.78. The van der Waals surface area contributed by atoms with Crippen molar-refractivity contribution in [2.75, 3.05) is 7.05 Å². The van der Waals surface area contributed by atoms with Crippen LogP contribution in [-0.2, 0) is 9.08 Å². The third kappa shape index (κ3) is 3.67. The molecule has 0 atom stereocenters. The summed E-state index contributed by atoms with van der Waals surface area (Å²) < 4.78 is 41.5. The van der Waals surface area contributed by atoms with Crippen molar-refractivity contribution in [3.05, 3.63) is 53.1 Å². The first-order chi connectivity index (χ1) is 12.7. The summed E-state index contributed by atoms with van der Waals surface area (Å²) in [5, 5.41) is 3.32. The Labute approximate surface area is 155 Å². The van der Waals surface area contributed by atoms with Crippen LogP contribution < -0.4 is 5.32 Å². The number of halogens is 3. The van der Waals surface area contributed by atoms with Gasteiger partial charge in [0.05, 0.1) is 11.1 Å². The highest BCUT2D eigenvalue weighted by Gasteiger charge is 2.39. The van der Waals surface area contributed by atoms with Crippen molar-refractivity contribution >= 4 is 46.6 Å². The van der Waals surface area contributed by atoms with Gasteiger partial charge in [-0.05, 0) is 29.2 Å². The van der Waals surface area contributed by atoms with Crippen LogP contribution in [0.3, 0.4) is 0 Å². The third-order valence-corrected chi connectivity index (χ3v) is 4.18. The number of nitrogens with zero attached hydrogens (tertiary/aromatic N) is 1. The second-order valence-corrected chi connectivity index (χ2v) is 6.17. The van der Waals surface area contributed by atoms with Gasteiger partial charge < -0.3 is 5.32 Å². The van der Waals surface area contributed by atoms with Crippen LogP contribution in [0.1, 0.15) is 26.3 Å². The molecule has 0 aliphatic carbocycles. The predicted octanol–water partition coefficient (Wildman–Crippen LogP) is 3.29. The first-order valence-electron chi connectivity index (χ1n) is 7.50. The second-order valence-electron chi connectivity index (χ2n) is 5.39. The van der Waals surface area contributed by atoms with E-state index in [1.54, 1.807) is 6.07 Å². The molecule has 0 radical (unpaired) electrons. The maximum atomic E-state index is 12.5. The van der Waals surface area contributed by atoms with E-state index in [0.717, 1.165) is 0 Å². The fraction of sp³-hybridized carbons (Fsp3) is 0.118. The van der Waals surface area contributed by atoms with Crippen molar-refractivity contribution in [1.29, 1.82) is 0 Å². The molecule has 1 heterocycles. The van der Waals surface area contributed by atoms with Gasteiger partial charge in [0, 0.05) is 18.5 Å². The largest absolute Gasteiger partial charge is 0.470 e. The summed E-state index contributed by atoms with van der Waals surface area (Å²) in [4.78, 5) is 36.3. The number of hydrogen-bond donors (Lipinski definition) is 1. The predicted molar refractivity (Wildman–Crippen MR) is 92.3 cm³/mol. The molecule has 10 heteroatoms. The smallest absolute Gasteiger partial charge is 0.356 e. The van der Waals surface area contributed by atoms with Crippen LogP contribution in [0.2, 0.25) is 0 Å². The number of rotatable bonds is 4. The van der Waals surface area contributed by atoms with Crippen molar-refractivity contribution in [1.82, 2.24) is 10.4 Å². The lowest BCUT2D eigenvalue weighted by atomic mass is 9.92. The number of amides is 3. The molecule has 3 rings (SSSR count). The van der Waals surface area contributed by atoms with E-state index in [1.807, 2.05) is 0 Å². The lowest BCUT2D eigenvalue weighted by Gasteiger charge is -2.25. The molecule has 0 fully saturated rings. The number of carbonyl (C=O) groups is 3. The average Bonchev–Trinajstić information content (AvgIpc) is 2.63. The van der Waals surface area contributed by atoms with Crippen LogP contribution in [0, 0.1) is 0 Å². The van der Waals surface area contributed by atoms with E-state index < -0.39 is 29.4 Å². The Morgan fingerprint density at radius 2 is 1.81 bits per heavy atom. The highest BCUT2D eigenvalue weighted by molar-refractivity contribution is 7.95. The van der Waals surface area contributed by atoms with Crippen LogP contribution >= 0.6 is 12.0 Å². The Kier molecular flexibility index (Phi) is 4.94. The van der Waals surface area contributed by atoms with Crippen LogP contribution in [0.4, 0.5) is 13.2 Å². The fourth-order valence-electron chi connectivity index (χ4n) is 2.64. The molecule has 0 saturated carbocycles. The monoisotopic (exact) mass is 396 g/mol. The number of hydroxylamine groups is 2. The molecular formula is C17H11F3N2O4S. The van der Waals surface area contributed by atoms with Gasteiger partial charge in [-0.15, -0.1) is 5.06 Å². The van der Waals surface area contributed by atoms with E-state index in [2.05, 4.69) is 9.60 Å². The van der Waals surface area contributed by atoms with Gasteiger partial charge in [-0.25, -0.2) is 0 Å². The molecule has 0 aromatic heterocycles. The minimum absolute atomic E-state index is 0.0278. The second kappa shape index (κ2) is 7.05. The van der Waals surface area contributed by atoms with Gasteiger partial charge in [-0.1, -0.05) is 18.2 Å². The number of benzene rings is 2.